The van der Waals surface area contributed by atoms with Crippen LogP contribution in [0.25, 0.3) is 0 Å². The van der Waals surface area contributed by atoms with Crippen LogP contribution in [0.2, 0.25) is 0 Å². The molecular formula is C11H16N4O. The van der Waals surface area contributed by atoms with Gasteiger partial charge in [-0.05, 0) is 12.0 Å². The van der Waals surface area contributed by atoms with Crippen LogP contribution in [0.15, 0.2) is 12.3 Å². The molecule has 1 unspecified atom stereocenters. The summed E-state index contributed by atoms with van der Waals surface area (Å²) in [5.41, 5.74) is 0.788. The predicted molar refractivity (Wildman–Crippen MR) is 59.0 cm³/mol. The van der Waals surface area contributed by atoms with E-state index in [2.05, 4.69) is 10.4 Å². The standard InChI is InChI=1S/C11H16N4O/c1-8(2)10(6-12)11(16)13-7-9-4-5-15(3)14-9/h4-5,8,10H,7H2,1-3H3,(H,13,16). The highest BCUT2D eigenvalue weighted by Gasteiger charge is 2.21. The van der Waals surface area contributed by atoms with Gasteiger partial charge < -0.3 is 5.32 Å². The number of carbonyl (C=O) groups is 1. The summed E-state index contributed by atoms with van der Waals surface area (Å²) in [6, 6.07) is 3.84. The molecule has 0 aliphatic rings. The van der Waals surface area contributed by atoms with Crippen molar-refractivity contribution in [2.24, 2.45) is 18.9 Å². The van der Waals surface area contributed by atoms with Crippen LogP contribution in [0.4, 0.5) is 0 Å². The molecule has 1 rings (SSSR count). The first-order valence-corrected chi connectivity index (χ1v) is 5.20. The lowest BCUT2D eigenvalue weighted by atomic mass is 9.97. The molecule has 1 aromatic rings. The van der Waals surface area contributed by atoms with Crippen LogP contribution in [0.3, 0.4) is 0 Å². The fraction of sp³-hybridized carbons (Fsp3) is 0.545. The van der Waals surface area contributed by atoms with Crippen LogP contribution < -0.4 is 5.32 Å². The minimum Gasteiger partial charge on any atom is -0.349 e. The van der Waals surface area contributed by atoms with E-state index in [1.807, 2.05) is 39.2 Å². The van der Waals surface area contributed by atoms with E-state index in [1.165, 1.54) is 0 Å². The van der Waals surface area contributed by atoms with E-state index in [9.17, 15) is 4.79 Å². The summed E-state index contributed by atoms with van der Waals surface area (Å²) in [7, 11) is 1.82. The number of nitrogens with zero attached hydrogens (tertiary/aromatic N) is 3. The molecule has 0 aliphatic carbocycles. The number of hydrogen-bond donors (Lipinski definition) is 1. The Morgan fingerprint density at radius 3 is 2.81 bits per heavy atom. The molecule has 0 saturated carbocycles. The summed E-state index contributed by atoms with van der Waals surface area (Å²) in [5, 5.41) is 15.7. The minimum absolute atomic E-state index is 0.0220. The van der Waals surface area contributed by atoms with Gasteiger partial charge in [0.25, 0.3) is 0 Å². The third-order valence-electron chi connectivity index (χ3n) is 2.30. The Balaban J connectivity index is 2.50. The molecule has 5 nitrogen and oxygen atoms in total. The van der Waals surface area contributed by atoms with Gasteiger partial charge in [0.05, 0.1) is 18.3 Å². The average Bonchev–Trinajstić information content (AvgIpc) is 2.62. The number of amides is 1. The molecule has 0 spiro atoms. The van der Waals surface area contributed by atoms with Gasteiger partial charge in [0, 0.05) is 13.2 Å². The fourth-order valence-corrected chi connectivity index (χ4v) is 1.36. The molecule has 1 aromatic heterocycles. The molecule has 0 aromatic carbocycles. The summed E-state index contributed by atoms with van der Waals surface area (Å²) < 4.78 is 1.67. The number of nitriles is 1. The predicted octanol–water partition coefficient (Wildman–Crippen LogP) is 0.832. The van der Waals surface area contributed by atoms with E-state index in [1.54, 1.807) is 4.68 Å². The van der Waals surface area contributed by atoms with Crippen LogP contribution in [-0.2, 0) is 18.4 Å². The first-order valence-electron chi connectivity index (χ1n) is 5.20. The zero-order valence-electron chi connectivity index (χ0n) is 9.77. The molecule has 0 radical (unpaired) electrons. The van der Waals surface area contributed by atoms with Crippen LogP contribution in [0.1, 0.15) is 19.5 Å². The van der Waals surface area contributed by atoms with Crippen molar-refractivity contribution < 1.29 is 4.79 Å². The number of rotatable bonds is 4. The van der Waals surface area contributed by atoms with Gasteiger partial charge in [-0.1, -0.05) is 13.8 Å². The van der Waals surface area contributed by atoms with Crippen molar-refractivity contribution in [3.8, 4) is 6.07 Å². The summed E-state index contributed by atoms with van der Waals surface area (Å²) in [6.07, 6.45) is 1.81. The first-order chi connectivity index (χ1) is 7.54. The summed E-state index contributed by atoms with van der Waals surface area (Å²) >= 11 is 0. The Bertz CT molecular complexity index is 402. The molecule has 1 amide bonds. The maximum atomic E-state index is 11.6. The van der Waals surface area contributed by atoms with Crippen LogP contribution >= 0.6 is 0 Å². The third-order valence-corrected chi connectivity index (χ3v) is 2.30. The Labute approximate surface area is 95.1 Å². The van der Waals surface area contributed by atoms with Gasteiger partial charge in [0.1, 0.15) is 5.92 Å². The SMILES string of the molecule is CC(C)C(C#N)C(=O)NCc1ccn(C)n1. The molecule has 1 atom stereocenters. The fourth-order valence-electron chi connectivity index (χ4n) is 1.36. The lowest BCUT2D eigenvalue weighted by Gasteiger charge is -2.12. The lowest BCUT2D eigenvalue weighted by Crippen LogP contribution is -2.32. The normalized spacial score (nSPS) is 12.2. The summed E-state index contributed by atoms with van der Waals surface area (Å²) in [5.74, 6) is -0.805. The van der Waals surface area contributed by atoms with Crippen molar-refractivity contribution in [1.82, 2.24) is 15.1 Å². The van der Waals surface area contributed by atoms with Crippen molar-refractivity contribution in [3.05, 3.63) is 18.0 Å². The Kier molecular flexibility index (Phi) is 4.06. The third kappa shape index (κ3) is 3.09. The van der Waals surface area contributed by atoms with Gasteiger partial charge in [-0.2, -0.15) is 10.4 Å². The smallest absolute Gasteiger partial charge is 0.237 e. The Morgan fingerprint density at radius 2 is 2.38 bits per heavy atom. The van der Waals surface area contributed by atoms with Crippen molar-refractivity contribution in [3.63, 3.8) is 0 Å². The summed E-state index contributed by atoms with van der Waals surface area (Å²) in [6.45, 7) is 4.08. The van der Waals surface area contributed by atoms with Gasteiger partial charge in [-0.15, -0.1) is 0 Å². The molecule has 1 heterocycles. The zero-order valence-corrected chi connectivity index (χ0v) is 9.77. The maximum Gasteiger partial charge on any atom is 0.237 e. The molecular weight excluding hydrogens is 204 g/mol. The van der Waals surface area contributed by atoms with Gasteiger partial charge in [-0.3, -0.25) is 9.48 Å². The van der Waals surface area contributed by atoms with Crippen molar-refractivity contribution >= 4 is 5.91 Å². The zero-order chi connectivity index (χ0) is 12.1. The molecule has 86 valence electrons. The van der Waals surface area contributed by atoms with E-state index < -0.39 is 5.92 Å². The minimum atomic E-state index is -0.594. The number of aryl methyl sites for hydroxylation is 1. The van der Waals surface area contributed by atoms with E-state index in [0.717, 1.165) is 5.69 Å². The summed E-state index contributed by atoms with van der Waals surface area (Å²) in [4.78, 5) is 11.6. The van der Waals surface area contributed by atoms with Gasteiger partial charge in [-0.25, -0.2) is 0 Å². The number of hydrogen-bond acceptors (Lipinski definition) is 3. The van der Waals surface area contributed by atoms with Crippen molar-refractivity contribution in [1.29, 1.82) is 5.26 Å². The van der Waals surface area contributed by atoms with Crippen molar-refractivity contribution in [2.45, 2.75) is 20.4 Å². The molecule has 16 heavy (non-hydrogen) atoms. The Hall–Kier alpha value is -1.83. The van der Waals surface area contributed by atoms with Crippen LogP contribution in [-0.4, -0.2) is 15.7 Å². The largest absolute Gasteiger partial charge is 0.349 e. The van der Waals surface area contributed by atoms with Crippen LogP contribution in [0, 0.1) is 23.2 Å². The van der Waals surface area contributed by atoms with E-state index in [0.29, 0.717) is 6.54 Å². The van der Waals surface area contributed by atoms with E-state index in [4.69, 9.17) is 5.26 Å². The topological polar surface area (TPSA) is 70.7 Å². The first kappa shape index (κ1) is 12.2. The second kappa shape index (κ2) is 5.31. The van der Waals surface area contributed by atoms with Crippen LogP contribution in [0.5, 0.6) is 0 Å². The second-order valence-electron chi connectivity index (χ2n) is 4.05. The van der Waals surface area contributed by atoms with E-state index in [-0.39, 0.29) is 11.8 Å². The highest BCUT2D eigenvalue weighted by Crippen LogP contribution is 2.09. The maximum absolute atomic E-state index is 11.6. The Morgan fingerprint density at radius 1 is 1.69 bits per heavy atom. The molecule has 0 saturated heterocycles. The number of aromatic nitrogens is 2. The van der Waals surface area contributed by atoms with Gasteiger partial charge in [0.2, 0.25) is 5.91 Å². The molecule has 0 bridgehead atoms. The molecule has 0 fully saturated rings. The quantitative estimate of drug-likeness (QED) is 0.817. The van der Waals surface area contributed by atoms with Gasteiger partial charge in [0.15, 0.2) is 0 Å². The molecule has 1 N–H and O–H groups in total. The van der Waals surface area contributed by atoms with Gasteiger partial charge >= 0.3 is 0 Å². The molecule has 0 aliphatic heterocycles. The average molecular weight is 220 g/mol. The highest BCUT2D eigenvalue weighted by atomic mass is 16.1. The monoisotopic (exact) mass is 220 g/mol. The molecule has 5 heteroatoms. The lowest BCUT2D eigenvalue weighted by molar-refractivity contribution is -0.124. The highest BCUT2D eigenvalue weighted by molar-refractivity contribution is 5.81. The number of nitrogens with one attached hydrogen (secondary N) is 1. The second-order valence-corrected chi connectivity index (χ2v) is 4.05. The van der Waals surface area contributed by atoms with Crippen molar-refractivity contribution in [2.75, 3.05) is 0 Å². The van der Waals surface area contributed by atoms with E-state index >= 15 is 0 Å². The number of carbonyl (C=O) groups excluding carboxylic acids is 1.